The maximum absolute atomic E-state index is 13.5. The molecule has 0 amide bonds. The Bertz CT molecular complexity index is 487. The zero-order valence-corrected chi connectivity index (χ0v) is 11.4. The Morgan fingerprint density at radius 2 is 2.26 bits per heavy atom. The summed E-state index contributed by atoms with van der Waals surface area (Å²) in [5.74, 6) is -0.174. The van der Waals surface area contributed by atoms with Gasteiger partial charge in [-0.25, -0.2) is 4.39 Å². The number of benzene rings is 1. The normalized spacial score (nSPS) is 19.8. The molecule has 0 radical (unpaired) electrons. The fraction of sp³-hybridized carbons (Fsp3) is 0.533. The van der Waals surface area contributed by atoms with Gasteiger partial charge in [0.2, 0.25) is 0 Å². The fourth-order valence-electron chi connectivity index (χ4n) is 2.68. The topological polar surface area (TPSA) is 40.5 Å². The van der Waals surface area contributed by atoms with Crippen LogP contribution in [0.1, 0.15) is 42.6 Å². The van der Waals surface area contributed by atoms with Gasteiger partial charge in [-0.1, -0.05) is 13.3 Å². The van der Waals surface area contributed by atoms with E-state index in [4.69, 9.17) is 0 Å². The van der Waals surface area contributed by atoms with Crippen molar-refractivity contribution in [2.75, 3.05) is 13.1 Å². The largest absolute Gasteiger partial charge is 0.507 e. The van der Waals surface area contributed by atoms with Crippen LogP contribution in [0.2, 0.25) is 0 Å². The summed E-state index contributed by atoms with van der Waals surface area (Å²) >= 11 is 0. The van der Waals surface area contributed by atoms with Crippen LogP contribution in [0.4, 0.5) is 4.39 Å². The molecule has 1 aromatic carbocycles. The second kappa shape index (κ2) is 5.70. The van der Waals surface area contributed by atoms with Crippen LogP contribution >= 0.6 is 0 Å². The Morgan fingerprint density at radius 3 is 2.84 bits per heavy atom. The van der Waals surface area contributed by atoms with E-state index in [1.807, 2.05) is 0 Å². The number of carbonyl (C=O) groups excluding carboxylic acids is 1. The molecule has 1 unspecified atom stereocenters. The van der Waals surface area contributed by atoms with Crippen LogP contribution in [0.15, 0.2) is 12.1 Å². The van der Waals surface area contributed by atoms with Crippen LogP contribution in [0, 0.1) is 11.7 Å². The SMILES string of the molecule is CCC1CCN(Cc2cc(F)cc(C(C)=O)c2O)C1. The molecule has 104 valence electrons. The number of carbonyl (C=O) groups is 1. The molecule has 0 aliphatic carbocycles. The number of Topliss-reactive ketones (excluding diaryl/α,β-unsaturated/α-hetero) is 1. The molecule has 19 heavy (non-hydrogen) atoms. The van der Waals surface area contributed by atoms with Gasteiger partial charge in [-0.2, -0.15) is 0 Å². The Labute approximate surface area is 113 Å². The van der Waals surface area contributed by atoms with Gasteiger partial charge in [0.25, 0.3) is 0 Å². The molecule has 1 aromatic rings. The molecule has 1 atom stereocenters. The minimum Gasteiger partial charge on any atom is -0.507 e. The summed E-state index contributed by atoms with van der Waals surface area (Å²) in [7, 11) is 0. The van der Waals surface area contributed by atoms with E-state index in [0.29, 0.717) is 18.0 Å². The van der Waals surface area contributed by atoms with Crippen molar-refractivity contribution in [2.45, 2.75) is 33.2 Å². The van der Waals surface area contributed by atoms with E-state index in [9.17, 15) is 14.3 Å². The van der Waals surface area contributed by atoms with E-state index >= 15 is 0 Å². The maximum atomic E-state index is 13.5. The molecule has 1 fully saturated rings. The van der Waals surface area contributed by atoms with Gasteiger partial charge >= 0.3 is 0 Å². The number of ketones is 1. The van der Waals surface area contributed by atoms with E-state index in [1.54, 1.807) is 0 Å². The molecule has 1 saturated heterocycles. The van der Waals surface area contributed by atoms with Crippen LogP contribution < -0.4 is 0 Å². The molecule has 0 spiro atoms. The van der Waals surface area contributed by atoms with Gasteiger partial charge in [0.15, 0.2) is 5.78 Å². The lowest BCUT2D eigenvalue weighted by Gasteiger charge is -2.17. The van der Waals surface area contributed by atoms with Gasteiger partial charge in [0.1, 0.15) is 11.6 Å². The van der Waals surface area contributed by atoms with Crippen molar-refractivity contribution in [1.82, 2.24) is 4.90 Å². The molecule has 1 aliphatic heterocycles. The number of phenols is 1. The number of likely N-dealkylation sites (tertiary alicyclic amines) is 1. The predicted molar refractivity (Wildman–Crippen MR) is 71.7 cm³/mol. The standard InChI is InChI=1S/C15H20FNO2/c1-3-11-4-5-17(8-11)9-12-6-13(16)7-14(10(2)18)15(12)19/h6-7,11,19H,3-5,8-9H2,1-2H3. The summed E-state index contributed by atoms with van der Waals surface area (Å²) in [4.78, 5) is 13.6. The summed E-state index contributed by atoms with van der Waals surface area (Å²) < 4.78 is 13.5. The quantitative estimate of drug-likeness (QED) is 0.851. The van der Waals surface area contributed by atoms with Gasteiger partial charge in [-0.15, -0.1) is 0 Å². The smallest absolute Gasteiger partial charge is 0.163 e. The van der Waals surface area contributed by atoms with E-state index in [-0.39, 0.29) is 17.1 Å². The minimum absolute atomic E-state index is 0.0706. The number of hydrogen-bond acceptors (Lipinski definition) is 3. The van der Waals surface area contributed by atoms with Crippen LogP contribution in [0.3, 0.4) is 0 Å². The Kier molecular flexibility index (Phi) is 4.20. The molecule has 1 heterocycles. The Balaban J connectivity index is 2.19. The average Bonchev–Trinajstić information content (AvgIpc) is 2.80. The third kappa shape index (κ3) is 3.13. The number of halogens is 1. The van der Waals surface area contributed by atoms with Crippen molar-refractivity contribution in [2.24, 2.45) is 5.92 Å². The summed E-state index contributed by atoms with van der Waals surface area (Å²) in [6, 6.07) is 2.42. The number of rotatable bonds is 4. The van der Waals surface area contributed by atoms with Gasteiger partial charge in [-0.05, 0) is 37.9 Å². The van der Waals surface area contributed by atoms with Gasteiger partial charge < -0.3 is 5.11 Å². The lowest BCUT2D eigenvalue weighted by Crippen LogP contribution is -2.20. The molecule has 2 rings (SSSR count). The van der Waals surface area contributed by atoms with Crippen LogP contribution in [0.5, 0.6) is 5.75 Å². The van der Waals surface area contributed by atoms with Crippen molar-refractivity contribution in [3.05, 3.63) is 29.1 Å². The summed E-state index contributed by atoms with van der Waals surface area (Å²) in [6.07, 6.45) is 2.29. The van der Waals surface area contributed by atoms with Crippen molar-refractivity contribution in [1.29, 1.82) is 0 Å². The first-order valence-electron chi connectivity index (χ1n) is 6.76. The van der Waals surface area contributed by atoms with Crippen molar-refractivity contribution >= 4 is 5.78 Å². The molecular weight excluding hydrogens is 245 g/mol. The number of aromatic hydroxyl groups is 1. The zero-order chi connectivity index (χ0) is 14.0. The van der Waals surface area contributed by atoms with Crippen LogP contribution in [-0.2, 0) is 6.54 Å². The molecule has 1 N–H and O–H groups in total. The van der Waals surface area contributed by atoms with Crippen molar-refractivity contribution in [3.63, 3.8) is 0 Å². The molecule has 1 aliphatic rings. The van der Waals surface area contributed by atoms with Gasteiger partial charge in [-0.3, -0.25) is 9.69 Å². The third-order valence-electron chi connectivity index (χ3n) is 3.87. The predicted octanol–water partition coefficient (Wildman–Crippen LogP) is 2.97. The highest BCUT2D eigenvalue weighted by Crippen LogP contribution is 2.28. The van der Waals surface area contributed by atoms with E-state index in [1.165, 1.54) is 13.0 Å². The Morgan fingerprint density at radius 1 is 1.53 bits per heavy atom. The highest BCUT2D eigenvalue weighted by Gasteiger charge is 2.23. The second-order valence-electron chi connectivity index (χ2n) is 5.32. The fourth-order valence-corrected chi connectivity index (χ4v) is 2.68. The first-order chi connectivity index (χ1) is 9.01. The van der Waals surface area contributed by atoms with Crippen molar-refractivity contribution in [3.8, 4) is 5.75 Å². The Hall–Kier alpha value is -1.42. The molecule has 0 bridgehead atoms. The van der Waals surface area contributed by atoms with Gasteiger partial charge in [0.05, 0.1) is 5.56 Å². The minimum atomic E-state index is -0.468. The highest BCUT2D eigenvalue weighted by molar-refractivity contribution is 5.97. The van der Waals surface area contributed by atoms with E-state index < -0.39 is 5.82 Å². The average molecular weight is 265 g/mol. The first-order valence-corrected chi connectivity index (χ1v) is 6.76. The van der Waals surface area contributed by atoms with Crippen LogP contribution in [-0.4, -0.2) is 28.9 Å². The van der Waals surface area contributed by atoms with E-state index in [0.717, 1.165) is 32.0 Å². The molecule has 0 saturated carbocycles. The summed E-state index contributed by atoms with van der Waals surface area (Å²) in [5.41, 5.74) is 0.572. The number of nitrogens with zero attached hydrogens (tertiary/aromatic N) is 1. The molecule has 3 nitrogen and oxygen atoms in total. The molecule has 0 aromatic heterocycles. The first kappa shape index (κ1) is 14.0. The monoisotopic (exact) mass is 265 g/mol. The highest BCUT2D eigenvalue weighted by atomic mass is 19.1. The van der Waals surface area contributed by atoms with Crippen LogP contribution in [0.25, 0.3) is 0 Å². The summed E-state index contributed by atoms with van der Waals surface area (Å²) in [6.45, 7) is 5.94. The maximum Gasteiger partial charge on any atom is 0.163 e. The lowest BCUT2D eigenvalue weighted by atomic mass is 10.0. The number of hydrogen-bond donors (Lipinski definition) is 1. The van der Waals surface area contributed by atoms with Gasteiger partial charge in [0, 0.05) is 18.7 Å². The molecular formula is C15H20FNO2. The van der Waals surface area contributed by atoms with E-state index in [2.05, 4.69) is 11.8 Å². The second-order valence-corrected chi connectivity index (χ2v) is 5.32. The lowest BCUT2D eigenvalue weighted by molar-refractivity contribution is 0.101. The van der Waals surface area contributed by atoms with Crippen molar-refractivity contribution < 1.29 is 14.3 Å². The summed E-state index contributed by atoms with van der Waals surface area (Å²) in [5, 5.41) is 10.1. The third-order valence-corrected chi connectivity index (χ3v) is 3.87. The molecule has 4 heteroatoms. The number of phenolic OH excluding ortho intramolecular Hbond substituents is 1. The zero-order valence-electron chi connectivity index (χ0n) is 11.4.